The lowest BCUT2D eigenvalue weighted by atomic mass is 9.90. The van der Waals surface area contributed by atoms with Gasteiger partial charge in [0.05, 0.1) is 12.7 Å². The number of pyridine rings is 1. The maximum atomic E-state index is 12.9. The van der Waals surface area contributed by atoms with Crippen LogP contribution in [0.25, 0.3) is 5.65 Å². The molecule has 1 atom stereocenters. The minimum Gasteiger partial charge on any atom is -0.441 e. The monoisotopic (exact) mass is 370 g/mol. The van der Waals surface area contributed by atoms with Gasteiger partial charge < -0.3 is 14.5 Å². The van der Waals surface area contributed by atoms with Crippen LogP contribution in [0.5, 0.6) is 0 Å². The van der Waals surface area contributed by atoms with Crippen molar-refractivity contribution in [1.29, 1.82) is 0 Å². The molecule has 2 aromatic rings. The lowest BCUT2D eigenvalue weighted by Gasteiger charge is -2.37. The third-order valence-electron chi connectivity index (χ3n) is 5.83. The highest BCUT2D eigenvalue weighted by Gasteiger charge is 2.48. The summed E-state index contributed by atoms with van der Waals surface area (Å²) in [6, 6.07) is 5.87. The molecule has 27 heavy (non-hydrogen) atoms. The van der Waals surface area contributed by atoms with E-state index in [1.165, 1.54) is 0 Å². The number of amides is 2. The number of likely N-dealkylation sites (tertiary alicyclic amines) is 1. The summed E-state index contributed by atoms with van der Waals surface area (Å²) in [5, 5.41) is 0. The van der Waals surface area contributed by atoms with Crippen LogP contribution in [-0.4, -0.2) is 62.5 Å². The number of piperidine rings is 1. The van der Waals surface area contributed by atoms with Gasteiger partial charge in [0.25, 0.3) is 5.91 Å². The fourth-order valence-electron chi connectivity index (χ4n) is 4.19. The van der Waals surface area contributed by atoms with Crippen LogP contribution >= 0.6 is 0 Å². The number of aromatic nitrogens is 2. The number of rotatable bonds is 4. The van der Waals surface area contributed by atoms with Gasteiger partial charge in [-0.05, 0) is 25.5 Å². The fraction of sp³-hybridized carbons (Fsp3) is 0.550. The first-order chi connectivity index (χ1) is 13.0. The Bertz CT molecular complexity index is 854. The number of hydrogen-bond acceptors (Lipinski definition) is 4. The first-order valence-corrected chi connectivity index (χ1v) is 9.74. The van der Waals surface area contributed by atoms with Crippen LogP contribution in [0, 0.1) is 0 Å². The molecular formula is C20H26N4O3. The summed E-state index contributed by atoms with van der Waals surface area (Å²) in [4.78, 5) is 33.3. The molecule has 1 spiro atoms. The van der Waals surface area contributed by atoms with Crippen LogP contribution in [0.3, 0.4) is 0 Å². The molecule has 7 nitrogen and oxygen atoms in total. The Morgan fingerprint density at radius 3 is 2.85 bits per heavy atom. The van der Waals surface area contributed by atoms with Crippen LogP contribution in [0.1, 0.15) is 50.0 Å². The second-order valence-electron chi connectivity index (χ2n) is 7.68. The molecule has 2 amide bonds. The van der Waals surface area contributed by atoms with Crippen LogP contribution < -0.4 is 0 Å². The molecule has 2 fully saturated rings. The predicted octanol–water partition coefficient (Wildman–Crippen LogP) is 2.95. The van der Waals surface area contributed by atoms with Gasteiger partial charge in [0.2, 0.25) is 0 Å². The molecule has 2 aliphatic rings. The Kier molecular flexibility index (Phi) is 4.53. The average molecular weight is 370 g/mol. The number of fused-ring (bicyclic) bond motifs is 1. The Morgan fingerprint density at radius 1 is 1.33 bits per heavy atom. The van der Waals surface area contributed by atoms with E-state index in [4.69, 9.17) is 4.74 Å². The predicted molar refractivity (Wildman–Crippen MR) is 101 cm³/mol. The molecule has 0 radical (unpaired) electrons. The Labute approximate surface area is 158 Å². The second kappa shape index (κ2) is 6.87. The molecule has 2 aromatic heterocycles. The first-order valence-electron chi connectivity index (χ1n) is 9.74. The molecule has 7 heteroatoms. The van der Waals surface area contributed by atoms with E-state index in [1.54, 1.807) is 6.20 Å². The van der Waals surface area contributed by atoms with Crippen LogP contribution in [0.4, 0.5) is 4.79 Å². The SMILES string of the molecule is CCC[C@H](C)N1CC2(CCN(C(=O)c3cnc4ccccn34)CC2)OC1=O. The van der Waals surface area contributed by atoms with E-state index in [2.05, 4.69) is 18.8 Å². The van der Waals surface area contributed by atoms with Crippen molar-refractivity contribution in [2.24, 2.45) is 0 Å². The Balaban J connectivity index is 1.43. The van der Waals surface area contributed by atoms with E-state index in [9.17, 15) is 9.59 Å². The summed E-state index contributed by atoms with van der Waals surface area (Å²) in [6.45, 7) is 6.00. The van der Waals surface area contributed by atoms with E-state index in [0.717, 1.165) is 18.5 Å². The normalized spacial score (nSPS) is 20.3. The highest BCUT2D eigenvalue weighted by Crippen LogP contribution is 2.35. The molecule has 0 bridgehead atoms. The van der Waals surface area contributed by atoms with Gasteiger partial charge in [0, 0.05) is 38.2 Å². The van der Waals surface area contributed by atoms with Gasteiger partial charge in [-0.15, -0.1) is 0 Å². The zero-order valence-corrected chi connectivity index (χ0v) is 15.9. The van der Waals surface area contributed by atoms with Crippen LogP contribution in [0.2, 0.25) is 0 Å². The van der Waals surface area contributed by atoms with Gasteiger partial charge in [-0.25, -0.2) is 9.78 Å². The van der Waals surface area contributed by atoms with Crippen molar-refractivity contribution in [1.82, 2.24) is 19.2 Å². The average Bonchev–Trinajstić information content (AvgIpc) is 3.23. The van der Waals surface area contributed by atoms with Crippen molar-refractivity contribution in [3.63, 3.8) is 0 Å². The molecule has 0 unspecified atom stereocenters. The zero-order valence-electron chi connectivity index (χ0n) is 15.9. The van der Waals surface area contributed by atoms with Gasteiger partial charge in [-0.2, -0.15) is 0 Å². The number of hydrogen-bond donors (Lipinski definition) is 0. The van der Waals surface area contributed by atoms with Crippen molar-refractivity contribution >= 4 is 17.6 Å². The molecular weight excluding hydrogens is 344 g/mol. The van der Waals surface area contributed by atoms with Crippen molar-refractivity contribution in [2.45, 2.75) is 51.2 Å². The molecule has 0 saturated carbocycles. The number of carbonyl (C=O) groups excluding carboxylic acids is 2. The summed E-state index contributed by atoms with van der Waals surface area (Å²) in [7, 11) is 0. The topological polar surface area (TPSA) is 67.2 Å². The molecule has 2 saturated heterocycles. The Morgan fingerprint density at radius 2 is 2.11 bits per heavy atom. The zero-order chi connectivity index (χ0) is 19.0. The summed E-state index contributed by atoms with van der Waals surface area (Å²) in [5.74, 6) is -0.0240. The van der Waals surface area contributed by atoms with Gasteiger partial charge in [-0.1, -0.05) is 19.4 Å². The fourth-order valence-corrected chi connectivity index (χ4v) is 4.19. The highest BCUT2D eigenvalue weighted by atomic mass is 16.6. The van der Waals surface area contributed by atoms with Crippen molar-refractivity contribution < 1.29 is 14.3 Å². The summed E-state index contributed by atoms with van der Waals surface area (Å²) in [5.41, 5.74) is 0.887. The van der Waals surface area contributed by atoms with Gasteiger partial charge >= 0.3 is 6.09 Å². The molecule has 4 rings (SSSR count). The third-order valence-corrected chi connectivity index (χ3v) is 5.83. The van der Waals surface area contributed by atoms with Crippen molar-refractivity contribution in [3.05, 3.63) is 36.3 Å². The highest BCUT2D eigenvalue weighted by molar-refractivity contribution is 5.93. The van der Waals surface area contributed by atoms with E-state index < -0.39 is 5.60 Å². The first kappa shape index (κ1) is 17.8. The molecule has 0 aromatic carbocycles. The van der Waals surface area contributed by atoms with Crippen LogP contribution in [0.15, 0.2) is 30.6 Å². The summed E-state index contributed by atoms with van der Waals surface area (Å²) in [6.07, 6.45) is 6.65. The van der Waals surface area contributed by atoms with Gasteiger partial charge in [-0.3, -0.25) is 9.20 Å². The van der Waals surface area contributed by atoms with Gasteiger partial charge in [0.15, 0.2) is 0 Å². The maximum Gasteiger partial charge on any atom is 0.410 e. The quantitative estimate of drug-likeness (QED) is 0.830. The molecule has 0 aliphatic carbocycles. The number of ether oxygens (including phenoxy) is 1. The smallest absolute Gasteiger partial charge is 0.410 e. The van der Waals surface area contributed by atoms with Crippen LogP contribution in [-0.2, 0) is 4.74 Å². The number of carbonyl (C=O) groups is 2. The van der Waals surface area contributed by atoms with Crippen molar-refractivity contribution in [3.8, 4) is 0 Å². The van der Waals surface area contributed by atoms with E-state index in [1.807, 2.05) is 38.6 Å². The molecule has 144 valence electrons. The summed E-state index contributed by atoms with van der Waals surface area (Å²) < 4.78 is 7.61. The summed E-state index contributed by atoms with van der Waals surface area (Å²) >= 11 is 0. The molecule has 0 N–H and O–H groups in total. The standard InChI is InChI=1S/C20H26N4O3/c1-3-6-15(2)24-14-20(27-19(24)26)8-11-22(12-9-20)18(25)16-13-21-17-7-4-5-10-23(16)17/h4-5,7,10,13,15H,3,6,8-9,11-12,14H2,1-2H3/t15-/m0/s1. The number of imidazole rings is 1. The molecule has 2 aliphatic heterocycles. The van der Waals surface area contributed by atoms with E-state index in [-0.39, 0.29) is 18.0 Å². The van der Waals surface area contributed by atoms with E-state index >= 15 is 0 Å². The lowest BCUT2D eigenvalue weighted by Crippen LogP contribution is -2.49. The van der Waals surface area contributed by atoms with E-state index in [0.29, 0.717) is 38.2 Å². The minimum absolute atomic E-state index is 0.0240. The van der Waals surface area contributed by atoms with Crippen molar-refractivity contribution in [2.75, 3.05) is 19.6 Å². The Hall–Kier alpha value is -2.57. The largest absolute Gasteiger partial charge is 0.441 e. The van der Waals surface area contributed by atoms with Gasteiger partial charge in [0.1, 0.15) is 16.9 Å². The third kappa shape index (κ3) is 3.15. The molecule has 4 heterocycles. The lowest BCUT2D eigenvalue weighted by molar-refractivity contribution is 0.00287. The maximum absolute atomic E-state index is 12.9. The second-order valence-corrected chi connectivity index (χ2v) is 7.68. The number of nitrogens with zero attached hydrogens (tertiary/aromatic N) is 4. The minimum atomic E-state index is -0.449.